The third-order valence-electron chi connectivity index (χ3n) is 2.68. The summed E-state index contributed by atoms with van der Waals surface area (Å²) in [4.78, 5) is 0. The highest BCUT2D eigenvalue weighted by Crippen LogP contribution is 2.43. The zero-order valence-corrected chi connectivity index (χ0v) is 7.43. The van der Waals surface area contributed by atoms with Gasteiger partial charge in [0, 0.05) is 0 Å². The Labute approximate surface area is 80.4 Å². The molecule has 5 N–H and O–H groups in total. The number of aliphatic hydroxyl groups is 5. The minimum absolute atomic E-state index is 0.245. The van der Waals surface area contributed by atoms with Gasteiger partial charge in [-0.1, -0.05) is 0 Å². The largest absolute Gasteiger partial charge is 0.394 e. The first-order valence-corrected chi connectivity index (χ1v) is 4.44. The lowest BCUT2D eigenvalue weighted by Crippen LogP contribution is -2.49. The third-order valence-corrected chi connectivity index (χ3v) is 2.68. The van der Waals surface area contributed by atoms with Gasteiger partial charge in [-0.3, -0.25) is 0 Å². The number of hydrogen-bond donors (Lipinski definition) is 5. The molecule has 0 bridgehead atoms. The van der Waals surface area contributed by atoms with Crippen molar-refractivity contribution < 1.29 is 25.5 Å². The third kappa shape index (κ3) is 1.52. The predicted molar refractivity (Wildman–Crippen MR) is 43.4 cm³/mol. The highest BCUT2D eigenvalue weighted by Gasteiger charge is 2.65. The maximum atomic E-state index is 9.49. The highest BCUT2D eigenvalue weighted by molar-refractivity contribution is 5.03. The zero-order valence-electron chi connectivity index (χ0n) is 7.43. The Morgan fingerprint density at radius 3 is 2.00 bits per heavy atom. The molecular formula is C7H14N2O5. The van der Waals surface area contributed by atoms with E-state index in [0.29, 0.717) is 0 Å². The monoisotopic (exact) mass is 206 g/mol. The molecule has 2 aliphatic rings. The maximum Gasteiger partial charge on any atom is 0.121 e. The standard InChI is InChI=1S/C7H14N2O5/c10-1-3(11)4(12)5(13)6(14)7-8-2-9(7)8/h3-7,10-14H,1-2H2. The van der Waals surface area contributed by atoms with Crippen molar-refractivity contribution in [3.05, 3.63) is 0 Å². The van der Waals surface area contributed by atoms with Crippen LogP contribution in [0.15, 0.2) is 0 Å². The van der Waals surface area contributed by atoms with Gasteiger partial charge in [0.1, 0.15) is 30.6 Å². The number of rotatable bonds is 5. The van der Waals surface area contributed by atoms with Crippen LogP contribution in [0.2, 0.25) is 0 Å². The van der Waals surface area contributed by atoms with Crippen molar-refractivity contribution >= 4 is 0 Å². The molecule has 6 unspecified atom stereocenters. The molecule has 0 radical (unpaired) electrons. The average Bonchev–Trinajstić information content (AvgIpc) is 3.02. The van der Waals surface area contributed by atoms with Gasteiger partial charge in [-0.25, -0.2) is 10.0 Å². The van der Waals surface area contributed by atoms with E-state index < -0.39 is 31.0 Å². The number of aliphatic hydroxyl groups excluding tert-OH is 5. The number of hydrogen-bond acceptors (Lipinski definition) is 7. The van der Waals surface area contributed by atoms with Crippen LogP contribution in [-0.2, 0) is 0 Å². The molecule has 7 heteroatoms. The van der Waals surface area contributed by atoms with E-state index in [-0.39, 0.29) is 6.17 Å². The highest BCUT2D eigenvalue weighted by atomic mass is 16.4. The molecule has 14 heavy (non-hydrogen) atoms. The van der Waals surface area contributed by atoms with Crippen LogP contribution in [0.4, 0.5) is 0 Å². The lowest BCUT2D eigenvalue weighted by Gasteiger charge is -2.25. The fraction of sp³-hybridized carbons (Fsp3) is 1.00. The number of fused-ring (bicyclic) bond motifs is 1. The first-order chi connectivity index (χ1) is 6.57. The Hall–Kier alpha value is -0.280. The summed E-state index contributed by atoms with van der Waals surface area (Å²) in [5.41, 5.74) is 0. The Morgan fingerprint density at radius 1 is 1.07 bits per heavy atom. The van der Waals surface area contributed by atoms with Crippen molar-refractivity contribution in [1.82, 2.24) is 10.0 Å². The van der Waals surface area contributed by atoms with E-state index in [4.69, 9.17) is 10.2 Å². The van der Waals surface area contributed by atoms with Crippen LogP contribution in [-0.4, -0.2) is 79.4 Å². The molecule has 0 saturated carbocycles. The van der Waals surface area contributed by atoms with Gasteiger partial charge in [-0.2, -0.15) is 0 Å². The summed E-state index contributed by atoms with van der Waals surface area (Å²) in [5, 5.41) is 49.3. The van der Waals surface area contributed by atoms with Crippen LogP contribution in [0.25, 0.3) is 0 Å². The molecule has 0 aromatic carbocycles. The Bertz CT molecular complexity index is 212. The molecule has 0 aliphatic carbocycles. The van der Waals surface area contributed by atoms with Gasteiger partial charge >= 0.3 is 0 Å². The van der Waals surface area contributed by atoms with Crippen LogP contribution >= 0.6 is 0 Å². The maximum absolute atomic E-state index is 9.49. The summed E-state index contributed by atoms with van der Waals surface area (Å²) < 4.78 is 0. The molecular weight excluding hydrogens is 192 g/mol. The van der Waals surface area contributed by atoms with E-state index in [9.17, 15) is 15.3 Å². The van der Waals surface area contributed by atoms with Crippen molar-refractivity contribution in [2.75, 3.05) is 13.3 Å². The minimum atomic E-state index is -1.53. The minimum Gasteiger partial charge on any atom is -0.394 e. The fourth-order valence-electron chi connectivity index (χ4n) is 1.52. The van der Waals surface area contributed by atoms with Crippen LogP contribution in [0.3, 0.4) is 0 Å². The lowest BCUT2D eigenvalue weighted by atomic mass is 10.0. The molecule has 0 aromatic rings. The van der Waals surface area contributed by atoms with Crippen LogP contribution < -0.4 is 0 Å². The van der Waals surface area contributed by atoms with Gasteiger partial charge in [0.2, 0.25) is 0 Å². The molecule has 0 spiro atoms. The average molecular weight is 206 g/mol. The van der Waals surface area contributed by atoms with Crippen LogP contribution in [0, 0.1) is 0 Å². The molecule has 2 aliphatic heterocycles. The Morgan fingerprint density at radius 2 is 1.64 bits per heavy atom. The summed E-state index contributed by atoms with van der Waals surface area (Å²) in [7, 11) is 0. The lowest BCUT2D eigenvalue weighted by molar-refractivity contribution is -0.120. The van der Waals surface area contributed by atoms with Gasteiger partial charge in [0.25, 0.3) is 0 Å². The van der Waals surface area contributed by atoms with Crippen molar-refractivity contribution in [2.45, 2.75) is 30.6 Å². The zero-order chi connectivity index (χ0) is 10.5. The molecule has 2 fully saturated rings. The second kappa shape index (κ2) is 3.38. The van der Waals surface area contributed by atoms with Crippen molar-refractivity contribution in [1.29, 1.82) is 0 Å². The summed E-state index contributed by atoms with van der Waals surface area (Å²) in [6, 6.07) is 0. The second-order valence-electron chi connectivity index (χ2n) is 3.66. The molecule has 2 heterocycles. The second-order valence-corrected chi connectivity index (χ2v) is 3.66. The Kier molecular flexibility index (Phi) is 2.48. The number of nitrogens with zero attached hydrogens (tertiary/aromatic N) is 2. The first kappa shape index (κ1) is 10.2. The van der Waals surface area contributed by atoms with Gasteiger partial charge in [0.15, 0.2) is 0 Å². The van der Waals surface area contributed by atoms with Gasteiger partial charge in [-0.15, -0.1) is 0 Å². The fourth-order valence-corrected chi connectivity index (χ4v) is 1.52. The quantitative estimate of drug-likeness (QED) is 0.294. The van der Waals surface area contributed by atoms with E-state index in [1.807, 2.05) is 0 Å². The summed E-state index contributed by atoms with van der Waals surface area (Å²) in [6.45, 7) is 0.121. The van der Waals surface area contributed by atoms with Gasteiger partial charge < -0.3 is 25.5 Å². The van der Waals surface area contributed by atoms with Crippen LogP contribution in [0.1, 0.15) is 0 Å². The molecule has 0 aromatic heterocycles. The Balaban J connectivity index is 1.83. The van der Waals surface area contributed by atoms with E-state index in [1.54, 1.807) is 10.0 Å². The van der Waals surface area contributed by atoms with E-state index in [2.05, 4.69) is 0 Å². The normalized spacial score (nSPS) is 42.2. The first-order valence-electron chi connectivity index (χ1n) is 4.44. The SMILES string of the molecule is OCC(O)C(O)C(O)C(O)C1N2CN12. The molecule has 2 rings (SSSR count). The van der Waals surface area contributed by atoms with Gasteiger partial charge in [0.05, 0.1) is 13.3 Å². The number of hydrazine groups is 1. The van der Waals surface area contributed by atoms with Gasteiger partial charge in [-0.05, 0) is 0 Å². The predicted octanol–water partition coefficient (Wildman–Crippen LogP) is -3.75. The summed E-state index contributed by atoms with van der Waals surface area (Å²) in [5.74, 6) is 0. The van der Waals surface area contributed by atoms with Crippen LogP contribution in [0.5, 0.6) is 0 Å². The topological polar surface area (TPSA) is 107 Å². The van der Waals surface area contributed by atoms with E-state index in [0.717, 1.165) is 6.67 Å². The van der Waals surface area contributed by atoms with Crippen molar-refractivity contribution in [2.24, 2.45) is 0 Å². The molecule has 7 nitrogen and oxygen atoms in total. The molecule has 82 valence electrons. The van der Waals surface area contributed by atoms with Crippen molar-refractivity contribution in [3.8, 4) is 0 Å². The van der Waals surface area contributed by atoms with Crippen molar-refractivity contribution in [3.63, 3.8) is 0 Å². The van der Waals surface area contributed by atoms with E-state index >= 15 is 0 Å². The summed E-state index contributed by atoms with van der Waals surface area (Å²) in [6.07, 6.45) is -5.78. The van der Waals surface area contributed by atoms with E-state index in [1.165, 1.54) is 0 Å². The molecule has 6 atom stereocenters. The molecule has 0 amide bonds. The molecule has 2 saturated heterocycles. The summed E-state index contributed by atoms with van der Waals surface area (Å²) >= 11 is 0. The smallest absolute Gasteiger partial charge is 0.121 e.